The lowest BCUT2D eigenvalue weighted by Gasteiger charge is -2.30. The predicted octanol–water partition coefficient (Wildman–Crippen LogP) is 6.68. The highest BCUT2D eigenvalue weighted by Crippen LogP contribution is 2.46. The van der Waals surface area contributed by atoms with Gasteiger partial charge >= 0.3 is 0 Å². The van der Waals surface area contributed by atoms with E-state index in [4.69, 9.17) is 25.8 Å². The second-order valence-corrected chi connectivity index (χ2v) is 8.21. The van der Waals surface area contributed by atoms with Crippen molar-refractivity contribution in [1.82, 2.24) is 4.57 Å². The fourth-order valence-corrected chi connectivity index (χ4v) is 4.36. The Bertz CT molecular complexity index is 1230. The van der Waals surface area contributed by atoms with Crippen LogP contribution in [-0.2, 0) is 0 Å². The Kier molecular flexibility index (Phi) is 4.45. The largest absolute Gasteiger partial charge is 0.497 e. The van der Waals surface area contributed by atoms with Crippen LogP contribution in [0.1, 0.15) is 11.8 Å². The number of halogens is 2. The van der Waals surface area contributed by atoms with E-state index in [2.05, 4.69) is 32.6 Å². The quantitative estimate of drug-likeness (QED) is 0.335. The van der Waals surface area contributed by atoms with Crippen LogP contribution < -0.4 is 14.2 Å². The second-order valence-electron chi connectivity index (χ2n) is 6.86. The molecule has 1 aromatic heterocycles. The zero-order valence-corrected chi connectivity index (χ0v) is 18.1. The normalized spacial score (nSPS) is 14.8. The van der Waals surface area contributed by atoms with Crippen molar-refractivity contribution in [3.05, 3.63) is 75.7 Å². The van der Waals surface area contributed by atoms with E-state index in [1.54, 1.807) is 14.2 Å². The molecule has 0 saturated carbocycles. The van der Waals surface area contributed by atoms with Crippen molar-refractivity contribution in [1.29, 1.82) is 0 Å². The highest BCUT2D eigenvalue weighted by Gasteiger charge is 2.29. The average molecular weight is 471 g/mol. The van der Waals surface area contributed by atoms with Crippen LogP contribution in [0.2, 0.25) is 5.02 Å². The Morgan fingerprint density at radius 2 is 1.69 bits per heavy atom. The van der Waals surface area contributed by atoms with Gasteiger partial charge in [-0.05, 0) is 54.6 Å². The Morgan fingerprint density at radius 1 is 0.931 bits per heavy atom. The second kappa shape index (κ2) is 7.01. The summed E-state index contributed by atoms with van der Waals surface area (Å²) in [5, 5.41) is 1.77. The first-order valence-corrected chi connectivity index (χ1v) is 10.2. The lowest BCUT2D eigenvalue weighted by molar-refractivity contribution is 0.172. The molecule has 6 heteroatoms. The van der Waals surface area contributed by atoms with E-state index in [1.807, 2.05) is 48.5 Å². The molecule has 0 spiro atoms. The monoisotopic (exact) mass is 469 g/mol. The third kappa shape index (κ3) is 3.05. The summed E-state index contributed by atoms with van der Waals surface area (Å²) in [7, 11) is 3.29. The number of nitrogens with zero attached hydrogens (tertiary/aromatic N) is 1. The Labute approximate surface area is 181 Å². The summed E-state index contributed by atoms with van der Waals surface area (Å²) in [4.78, 5) is 0. The molecule has 1 aliphatic heterocycles. The predicted molar refractivity (Wildman–Crippen MR) is 118 cm³/mol. The number of ether oxygens (including phenoxy) is 3. The van der Waals surface area contributed by atoms with Gasteiger partial charge in [0.2, 0.25) is 6.23 Å². The van der Waals surface area contributed by atoms with Gasteiger partial charge in [0.1, 0.15) is 17.2 Å². The van der Waals surface area contributed by atoms with Gasteiger partial charge in [-0.2, -0.15) is 0 Å². The minimum absolute atomic E-state index is 0.380. The number of benzene rings is 3. The van der Waals surface area contributed by atoms with Gasteiger partial charge in [-0.1, -0.05) is 27.5 Å². The SMILES string of the molecule is COc1cc(OC)cc(C2Oc3cc(Br)ccc3-c3cc4cc(Cl)ccc4n32)c1. The first-order chi connectivity index (χ1) is 14.1. The number of hydrogen-bond acceptors (Lipinski definition) is 3. The van der Waals surface area contributed by atoms with E-state index in [-0.39, 0.29) is 6.23 Å². The molecular formula is C23H17BrClNO3. The zero-order valence-electron chi connectivity index (χ0n) is 15.8. The molecule has 29 heavy (non-hydrogen) atoms. The molecule has 0 bridgehead atoms. The maximum absolute atomic E-state index is 6.51. The maximum Gasteiger partial charge on any atom is 0.203 e. The molecule has 1 unspecified atom stereocenters. The highest BCUT2D eigenvalue weighted by atomic mass is 79.9. The van der Waals surface area contributed by atoms with Gasteiger partial charge in [0.15, 0.2) is 0 Å². The van der Waals surface area contributed by atoms with Gasteiger partial charge in [-0.3, -0.25) is 0 Å². The summed E-state index contributed by atoms with van der Waals surface area (Å²) in [5.74, 6) is 2.24. The average Bonchev–Trinajstić information content (AvgIpc) is 3.10. The molecule has 0 aliphatic carbocycles. The lowest BCUT2D eigenvalue weighted by atomic mass is 10.1. The molecule has 1 aliphatic rings. The number of hydrogen-bond donors (Lipinski definition) is 0. The van der Waals surface area contributed by atoms with E-state index in [9.17, 15) is 0 Å². The molecule has 0 saturated heterocycles. The molecule has 2 heterocycles. The highest BCUT2D eigenvalue weighted by molar-refractivity contribution is 9.10. The molecule has 0 N–H and O–H groups in total. The molecule has 0 fully saturated rings. The van der Waals surface area contributed by atoms with E-state index < -0.39 is 0 Å². The Morgan fingerprint density at radius 3 is 2.41 bits per heavy atom. The summed E-state index contributed by atoms with van der Waals surface area (Å²) in [6.45, 7) is 0. The van der Waals surface area contributed by atoms with Crippen molar-refractivity contribution in [2.45, 2.75) is 6.23 Å². The van der Waals surface area contributed by atoms with Gasteiger partial charge in [-0.15, -0.1) is 0 Å². The summed E-state index contributed by atoms with van der Waals surface area (Å²) < 4.78 is 20.6. The van der Waals surface area contributed by atoms with Crippen molar-refractivity contribution in [3.8, 4) is 28.5 Å². The smallest absolute Gasteiger partial charge is 0.203 e. The van der Waals surface area contributed by atoms with Gasteiger partial charge in [0, 0.05) is 32.1 Å². The number of rotatable bonds is 3. The van der Waals surface area contributed by atoms with Crippen LogP contribution in [0, 0.1) is 0 Å². The topological polar surface area (TPSA) is 32.6 Å². The fourth-order valence-electron chi connectivity index (χ4n) is 3.83. The molecule has 146 valence electrons. The number of aromatic nitrogens is 1. The Hall–Kier alpha value is -2.63. The van der Waals surface area contributed by atoms with Crippen LogP contribution in [0.4, 0.5) is 0 Å². The van der Waals surface area contributed by atoms with E-state index in [1.165, 1.54) is 0 Å². The number of methoxy groups -OCH3 is 2. The van der Waals surface area contributed by atoms with Gasteiger partial charge in [-0.25, -0.2) is 0 Å². The van der Waals surface area contributed by atoms with Gasteiger partial charge in [0.25, 0.3) is 0 Å². The first-order valence-electron chi connectivity index (χ1n) is 9.07. The van der Waals surface area contributed by atoms with Crippen LogP contribution in [0.15, 0.2) is 65.1 Å². The van der Waals surface area contributed by atoms with Gasteiger partial charge in [0.05, 0.1) is 25.4 Å². The molecular weight excluding hydrogens is 454 g/mol. The van der Waals surface area contributed by atoms with Crippen LogP contribution >= 0.6 is 27.5 Å². The minimum Gasteiger partial charge on any atom is -0.497 e. The molecule has 0 amide bonds. The van der Waals surface area contributed by atoms with Crippen molar-refractivity contribution < 1.29 is 14.2 Å². The van der Waals surface area contributed by atoms with E-state index >= 15 is 0 Å². The molecule has 5 rings (SSSR count). The van der Waals surface area contributed by atoms with Crippen molar-refractivity contribution in [3.63, 3.8) is 0 Å². The van der Waals surface area contributed by atoms with Crippen LogP contribution in [-0.4, -0.2) is 18.8 Å². The first kappa shape index (κ1) is 18.4. The van der Waals surface area contributed by atoms with Crippen LogP contribution in [0.3, 0.4) is 0 Å². The number of fused-ring (bicyclic) bond motifs is 5. The Balaban J connectivity index is 1.80. The third-order valence-corrected chi connectivity index (χ3v) is 5.88. The van der Waals surface area contributed by atoms with Crippen LogP contribution in [0.5, 0.6) is 17.2 Å². The van der Waals surface area contributed by atoms with Crippen molar-refractivity contribution >= 4 is 38.4 Å². The maximum atomic E-state index is 6.51. The van der Waals surface area contributed by atoms with Crippen molar-refractivity contribution in [2.24, 2.45) is 0 Å². The van der Waals surface area contributed by atoms with E-state index in [0.717, 1.165) is 37.9 Å². The molecule has 3 aromatic carbocycles. The molecule has 1 atom stereocenters. The van der Waals surface area contributed by atoms with E-state index in [0.29, 0.717) is 16.5 Å². The van der Waals surface area contributed by atoms with Crippen LogP contribution in [0.25, 0.3) is 22.2 Å². The molecule has 0 radical (unpaired) electrons. The molecule has 4 nitrogen and oxygen atoms in total. The summed E-state index contributed by atoms with van der Waals surface area (Å²) >= 11 is 9.81. The summed E-state index contributed by atoms with van der Waals surface area (Å²) in [6, 6.07) is 19.9. The fraction of sp³-hybridized carbons (Fsp3) is 0.130. The van der Waals surface area contributed by atoms with Crippen molar-refractivity contribution in [2.75, 3.05) is 14.2 Å². The van der Waals surface area contributed by atoms with Gasteiger partial charge < -0.3 is 18.8 Å². The standard InChI is InChI=1S/C23H17BrClNO3/c1-27-17-8-14(9-18(12-17)28-2)23-26-20-6-4-16(25)7-13(20)10-21(26)19-5-3-15(24)11-22(19)29-23/h3-12,23H,1-2H3. The zero-order chi connectivity index (χ0) is 20.1. The third-order valence-electron chi connectivity index (χ3n) is 5.15. The lowest BCUT2D eigenvalue weighted by Crippen LogP contribution is -2.22. The minimum atomic E-state index is -0.380. The summed E-state index contributed by atoms with van der Waals surface area (Å²) in [5.41, 5.74) is 4.08. The summed E-state index contributed by atoms with van der Waals surface area (Å²) in [6.07, 6.45) is -0.380. The molecule has 4 aromatic rings.